The smallest absolute Gasteiger partial charge is 0.323 e. The molecule has 26 heavy (non-hydrogen) atoms. The molecular weight excluding hydrogens is 326 g/mol. The molecular formula is C21H27N3O2. The van der Waals surface area contributed by atoms with Crippen molar-refractivity contribution in [1.82, 2.24) is 5.32 Å². The molecule has 0 heterocycles. The third kappa shape index (κ3) is 5.28. The first-order chi connectivity index (χ1) is 12.6. The summed E-state index contributed by atoms with van der Waals surface area (Å²) in [6.07, 6.45) is 3.45. The zero-order valence-corrected chi connectivity index (χ0v) is 15.9. The Balaban J connectivity index is 1.93. The van der Waals surface area contributed by atoms with E-state index in [1.54, 1.807) is 13.3 Å². The third-order valence-corrected chi connectivity index (χ3v) is 4.19. The van der Waals surface area contributed by atoms with Gasteiger partial charge in [-0.15, -0.1) is 0 Å². The molecule has 5 heteroatoms. The summed E-state index contributed by atoms with van der Waals surface area (Å²) in [5.41, 5.74) is 3.98. The summed E-state index contributed by atoms with van der Waals surface area (Å²) >= 11 is 0. The molecule has 0 aromatic heterocycles. The monoisotopic (exact) mass is 353 g/mol. The first kappa shape index (κ1) is 19.4. The Bertz CT molecular complexity index is 750. The molecule has 0 fully saturated rings. The van der Waals surface area contributed by atoms with E-state index >= 15 is 0 Å². The number of amides is 2. The van der Waals surface area contributed by atoms with Crippen LogP contribution < -0.4 is 20.3 Å². The van der Waals surface area contributed by atoms with E-state index in [0.717, 1.165) is 41.3 Å². The molecule has 0 spiro atoms. The maximum absolute atomic E-state index is 12.1. The molecule has 2 rings (SSSR count). The average molecular weight is 353 g/mol. The number of carbonyl (C=O) groups excluding carboxylic acids is 1. The summed E-state index contributed by atoms with van der Waals surface area (Å²) < 4.78 is 5.12. The topological polar surface area (TPSA) is 53.6 Å². The summed E-state index contributed by atoms with van der Waals surface area (Å²) in [6, 6.07) is 13.4. The summed E-state index contributed by atoms with van der Waals surface area (Å²) in [5, 5.41) is 5.60. The molecule has 0 saturated carbocycles. The predicted octanol–water partition coefficient (Wildman–Crippen LogP) is 4.64. The van der Waals surface area contributed by atoms with Crippen LogP contribution >= 0.6 is 0 Å². The van der Waals surface area contributed by atoms with E-state index in [2.05, 4.69) is 35.4 Å². The number of nitrogens with zero attached hydrogens (tertiary/aromatic N) is 1. The van der Waals surface area contributed by atoms with Crippen molar-refractivity contribution in [1.29, 1.82) is 0 Å². The minimum absolute atomic E-state index is 0.270. The fraction of sp³-hybridized carbons (Fsp3) is 0.286. The fourth-order valence-corrected chi connectivity index (χ4v) is 2.66. The van der Waals surface area contributed by atoms with Crippen molar-refractivity contribution < 1.29 is 9.53 Å². The maximum atomic E-state index is 12.1. The summed E-state index contributed by atoms with van der Waals surface area (Å²) in [5.74, 6) is 0.802. The first-order valence-corrected chi connectivity index (χ1v) is 8.81. The number of nitrogens with one attached hydrogen (secondary N) is 2. The lowest BCUT2D eigenvalue weighted by molar-refractivity contribution is 0.255. The van der Waals surface area contributed by atoms with Crippen LogP contribution in [0.25, 0.3) is 6.08 Å². The SMILES string of the molecule is CCN(CC)c1ccc(NC(=O)N/C=C/c2ccc(OC)cc2)c(C)c1. The predicted molar refractivity (Wildman–Crippen MR) is 109 cm³/mol. The van der Waals surface area contributed by atoms with Crippen molar-refractivity contribution in [2.45, 2.75) is 20.8 Å². The van der Waals surface area contributed by atoms with Crippen molar-refractivity contribution in [2.24, 2.45) is 0 Å². The summed E-state index contributed by atoms with van der Waals surface area (Å²) in [4.78, 5) is 14.4. The van der Waals surface area contributed by atoms with E-state index in [-0.39, 0.29) is 6.03 Å². The average Bonchev–Trinajstić information content (AvgIpc) is 2.65. The van der Waals surface area contributed by atoms with Gasteiger partial charge in [0.1, 0.15) is 5.75 Å². The van der Waals surface area contributed by atoms with Crippen LogP contribution in [0.1, 0.15) is 25.0 Å². The van der Waals surface area contributed by atoms with Gasteiger partial charge in [0.2, 0.25) is 0 Å². The van der Waals surface area contributed by atoms with Gasteiger partial charge in [-0.05, 0) is 68.3 Å². The van der Waals surface area contributed by atoms with Crippen LogP contribution in [0.5, 0.6) is 5.75 Å². The second-order valence-corrected chi connectivity index (χ2v) is 5.88. The highest BCUT2D eigenvalue weighted by Crippen LogP contribution is 2.22. The molecule has 0 saturated heterocycles. The largest absolute Gasteiger partial charge is 0.497 e. The van der Waals surface area contributed by atoms with Gasteiger partial charge in [0.05, 0.1) is 7.11 Å². The number of carbonyl (C=O) groups is 1. The van der Waals surface area contributed by atoms with Crippen LogP contribution in [-0.2, 0) is 0 Å². The molecule has 0 aliphatic rings. The van der Waals surface area contributed by atoms with E-state index < -0.39 is 0 Å². The number of aryl methyl sites for hydroxylation is 1. The Labute approximate surface area is 155 Å². The van der Waals surface area contributed by atoms with Gasteiger partial charge in [0.15, 0.2) is 0 Å². The molecule has 2 aromatic carbocycles. The minimum Gasteiger partial charge on any atom is -0.497 e. The van der Waals surface area contributed by atoms with Crippen molar-refractivity contribution in [3.05, 3.63) is 59.8 Å². The van der Waals surface area contributed by atoms with Gasteiger partial charge in [-0.2, -0.15) is 0 Å². The van der Waals surface area contributed by atoms with Crippen LogP contribution in [0.15, 0.2) is 48.7 Å². The normalized spacial score (nSPS) is 10.6. The van der Waals surface area contributed by atoms with E-state index in [4.69, 9.17) is 4.74 Å². The minimum atomic E-state index is -0.270. The summed E-state index contributed by atoms with van der Waals surface area (Å²) in [7, 11) is 1.63. The van der Waals surface area contributed by atoms with Crippen molar-refractivity contribution in [3.63, 3.8) is 0 Å². The fourth-order valence-electron chi connectivity index (χ4n) is 2.66. The van der Waals surface area contributed by atoms with Gasteiger partial charge in [-0.1, -0.05) is 12.1 Å². The standard InChI is InChI=1S/C21H27N3O2/c1-5-24(6-2)18-9-12-20(16(3)15-18)23-21(25)22-14-13-17-7-10-19(26-4)11-8-17/h7-15H,5-6H2,1-4H3,(H2,22,23,25)/b14-13+. The molecule has 0 radical (unpaired) electrons. The van der Waals surface area contributed by atoms with E-state index in [9.17, 15) is 4.79 Å². The quantitative estimate of drug-likeness (QED) is 0.762. The lowest BCUT2D eigenvalue weighted by atomic mass is 10.1. The van der Waals surface area contributed by atoms with Crippen LogP contribution in [0.3, 0.4) is 0 Å². The van der Waals surface area contributed by atoms with Crippen LogP contribution in [0.4, 0.5) is 16.2 Å². The Kier molecular flexibility index (Phi) is 7.09. The number of rotatable bonds is 7. The highest BCUT2D eigenvalue weighted by Gasteiger charge is 2.07. The van der Waals surface area contributed by atoms with Crippen molar-refractivity contribution in [2.75, 3.05) is 30.4 Å². The second-order valence-electron chi connectivity index (χ2n) is 5.88. The Morgan fingerprint density at radius 1 is 1.12 bits per heavy atom. The van der Waals surface area contributed by atoms with Crippen LogP contribution in [0.2, 0.25) is 0 Å². The highest BCUT2D eigenvalue weighted by atomic mass is 16.5. The Morgan fingerprint density at radius 2 is 1.81 bits per heavy atom. The number of anilines is 2. The van der Waals surface area contributed by atoms with Crippen molar-refractivity contribution >= 4 is 23.5 Å². The van der Waals surface area contributed by atoms with E-state index in [1.165, 1.54) is 0 Å². The molecule has 2 amide bonds. The number of urea groups is 1. The van der Waals surface area contributed by atoms with Gasteiger partial charge in [-0.25, -0.2) is 4.79 Å². The zero-order valence-electron chi connectivity index (χ0n) is 15.9. The number of ether oxygens (including phenoxy) is 1. The van der Waals surface area contributed by atoms with Gasteiger partial charge < -0.3 is 20.3 Å². The van der Waals surface area contributed by atoms with Crippen LogP contribution in [0, 0.1) is 6.92 Å². The molecule has 0 atom stereocenters. The number of hydrogen-bond donors (Lipinski definition) is 2. The number of hydrogen-bond acceptors (Lipinski definition) is 3. The van der Waals surface area contributed by atoms with Gasteiger partial charge in [-0.3, -0.25) is 0 Å². The van der Waals surface area contributed by atoms with Gasteiger partial charge >= 0.3 is 6.03 Å². The molecule has 0 unspecified atom stereocenters. The molecule has 5 nitrogen and oxygen atoms in total. The third-order valence-electron chi connectivity index (χ3n) is 4.19. The molecule has 2 aromatic rings. The van der Waals surface area contributed by atoms with Crippen molar-refractivity contribution in [3.8, 4) is 5.75 Å². The summed E-state index contributed by atoms with van der Waals surface area (Å²) in [6.45, 7) is 8.18. The van der Waals surface area contributed by atoms with Gasteiger partial charge in [0.25, 0.3) is 0 Å². The van der Waals surface area contributed by atoms with E-state index in [1.807, 2.05) is 49.4 Å². The number of benzene rings is 2. The number of methoxy groups -OCH3 is 1. The lowest BCUT2D eigenvalue weighted by Crippen LogP contribution is -2.25. The zero-order chi connectivity index (χ0) is 18.9. The van der Waals surface area contributed by atoms with E-state index in [0.29, 0.717) is 0 Å². The Hall–Kier alpha value is -2.95. The maximum Gasteiger partial charge on any atom is 0.323 e. The Morgan fingerprint density at radius 3 is 2.38 bits per heavy atom. The highest BCUT2D eigenvalue weighted by molar-refractivity contribution is 5.91. The molecule has 0 aliphatic carbocycles. The molecule has 138 valence electrons. The van der Waals surface area contributed by atoms with Gasteiger partial charge in [0, 0.05) is 30.7 Å². The first-order valence-electron chi connectivity index (χ1n) is 8.81. The molecule has 0 bridgehead atoms. The molecule has 2 N–H and O–H groups in total. The lowest BCUT2D eigenvalue weighted by Gasteiger charge is -2.22. The second kappa shape index (κ2) is 9.51. The molecule has 0 aliphatic heterocycles. The van der Waals surface area contributed by atoms with Crippen LogP contribution in [-0.4, -0.2) is 26.2 Å².